The van der Waals surface area contributed by atoms with Crippen molar-refractivity contribution in [3.63, 3.8) is 0 Å². The van der Waals surface area contributed by atoms with E-state index >= 15 is 0 Å². The highest BCUT2D eigenvalue weighted by molar-refractivity contribution is 7.94. The molecule has 0 aliphatic heterocycles. The fraction of sp³-hybridized carbons (Fsp3) is 0.231. The van der Waals surface area contributed by atoms with Gasteiger partial charge in [-0.2, -0.15) is 0 Å². The Morgan fingerprint density at radius 3 is 2.50 bits per heavy atom. The maximum absolute atomic E-state index is 13.0. The number of hydrogen-bond donors (Lipinski definition) is 2. The van der Waals surface area contributed by atoms with E-state index in [1.54, 1.807) is 13.0 Å². The van der Waals surface area contributed by atoms with Gasteiger partial charge in [-0.05, 0) is 49.2 Å². The molecule has 0 aliphatic carbocycles. The fourth-order valence-corrected chi connectivity index (χ4v) is 4.36. The predicted octanol–water partition coefficient (Wildman–Crippen LogP) is 2.76. The van der Waals surface area contributed by atoms with Crippen LogP contribution in [0.25, 0.3) is 0 Å². The summed E-state index contributed by atoms with van der Waals surface area (Å²) in [6, 6.07) is 5.50. The molecule has 0 aliphatic rings. The van der Waals surface area contributed by atoms with Gasteiger partial charge in [0.2, 0.25) is 0 Å². The standard InChI is InChI=1S/C13H15FN2O2S2/c1-8-5-10(14)3-4-11(8)16-20(17,18)13-6-9(2)12(7-15)19-13/h3-6,16H,7,15H2,1-2H3. The van der Waals surface area contributed by atoms with Gasteiger partial charge in [0.25, 0.3) is 10.0 Å². The van der Waals surface area contributed by atoms with Crippen molar-refractivity contribution in [2.75, 3.05) is 4.72 Å². The van der Waals surface area contributed by atoms with Gasteiger partial charge < -0.3 is 5.73 Å². The minimum atomic E-state index is -3.67. The summed E-state index contributed by atoms with van der Waals surface area (Å²) in [7, 11) is -3.67. The Labute approximate surface area is 121 Å². The molecule has 0 atom stereocenters. The lowest BCUT2D eigenvalue weighted by atomic mass is 10.2. The van der Waals surface area contributed by atoms with Gasteiger partial charge in [-0.3, -0.25) is 4.72 Å². The average molecular weight is 314 g/mol. The molecule has 108 valence electrons. The van der Waals surface area contributed by atoms with Crippen LogP contribution in [0.2, 0.25) is 0 Å². The van der Waals surface area contributed by atoms with Gasteiger partial charge >= 0.3 is 0 Å². The quantitative estimate of drug-likeness (QED) is 0.911. The normalized spacial score (nSPS) is 11.6. The summed E-state index contributed by atoms with van der Waals surface area (Å²) in [4.78, 5) is 0.834. The van der Waals surface area contributed by atoms with Gasteiger partial charge in [-0.15, -0.1) is 11.3 Å². The van der Waals surface area contributed by atoms with Gasteiger partial charge in [0.15, 0.2) is 0 Å². The first-order valence-corrected chi connectivity index (χ1v) is 8.22. The Morgan fingerprint density at radius 2 is 1.95 bits per heavy atom. The molecule has 2 aromatic rings. The molecule has 1 aromatic heterocycles. The maximum Gasteiger partial charge on any atom is 0.271 e. The molecule has 0 amide bonds. The largest absolute Gasteiger partial charge is 0.326 e. The molecule has 0 saturated heterocycles. The van der Waals surface area contributed by atoms with Crippen LogP contribution in [0.5, 0.6) is 0 Å². The van der Waals surface area contributed by atoms with Gasteiger partial charge in [-0.25, -0.2) is 12.8 Å². The smallest absolute Gasteiger partial charge is 0.271 e. The summed E-state index contributed by atoms with van der Waals surface area (Å²) < 4.78 is 40.3. The van der Waals surface area contributed by atoms with E-state index in [-0.39, 0.29) is 4.21 Å². The van der Waals surface area contributed by atoms with Gasteiger partial charge in [0.1, 0.15) is 10.0 Å². The van der Waals surface area contributed by atoms with Crippen LogP contribution in [0.15, 0.2) is 28.5 Å². The van der Waals surface area contributed by atoms with E-state index in [2.05, 4.69) is 4.72 Å². The van der Waals surface area contributed by atoms with Gasteiger partial charge in [0.05, 0.1) is 5.69 Å². The van der Waals surface area contributed by atoms with Crippen LogP contribution in [0, 0.1) is 19.7 Å². The molecule has 1 aromatic carbocycles. The third-order valence-corrected chi connectivity index (χ3v) is 5.98. The lowest BCUT2D eigenvalue weighted by Gasteiger charge is -2.09. The number of anilines is 1. The minimum absolute atomic E-state index is 0.208. The Kier molecular flexibility index (Phi) is 4.12. The number of benzene rings is 1. The Balaban J connectivity index is 2.35. The van der Waals surface area contributed by atoms with Crippen LogP contribution in [0.4, 0.5) is 10.1 Å². The molecule has 7 heteroatoms. The number of aryl methyl sites for hydroxylation is 2. The molecule has 0 spiro atoms. The number of thiophene rings is 1. The van der Waals surface area contributed by atoms with Crippen molar-refractivity contribution >= 4 is 27.0 Å². The fourth-order valence-electron chi connectivity index (χ4n) is 1.76. The minimum Gasteiger partial charge on any atom is -0.326 e. The number of sulfonamides is 1. The topological polar surface area (TPSA) is 72.2 Å². The highest BCUT2D eigenvalue weighted by Gasteiger charge is 2.19. The summed E-state index contributed by atoms with van der Waals surface area (Å²) in [5.74, 6) is -0.400. The van der Waals surface area contributed by atoms with E-state index < -0.39 is 15.8 Å². The monoisotopic (exact) mass is 314 g/mol. The second-order valence-electron chi connectivity index (χ2n) is 4.44. The van der Waals surface area contributed by atoms with Gasteiger partial charge in [-0.1, -0.05) is 0 Å². The van der Waals surface area contributed by atoms with Crippen molar-refractivity contribution in [3.8, 4) is 0 Å². The number of hydrogen-bond acceptors (Lipinski definition) is 4. The zero-order valence-electron chi connectivity index (χ0n) is 11.1. The summed E-state index contributed by atoms with van der Waals surface area (Å²) in [6.45, 7) is 3.77. The average Bonchev–Trinajstić information content (AvgIpc) is 2.75. The molecule has 3 N–H and O–H groups in total. The van der Waals surface area contributed by atoms with Crippen LogP contribution in [-0.4, -0.2) is 8.42 Å². The van der Waals surface area contributed by atoms with E-state index in [1.807, 2.05) is 6.92 Å². The Bertz CT molecular complexity index is 739. The SMILES string of the molecule is Cc1cc(F)ccc1NS(=O)(=O)c1cc(C)c(CN)s1. The predicted molar refractivity (Wildman–Crippen MR) is 78.9 cm³/mol. The molecular formula is C13H15FN2O2S2. The summed E-state index contributed by atoms with van der Waals surface area (Å²) in [6.07, 6.45) is 0. The van der Waals surface area contributed by atoms with Gasteiger partial charge in [0, 0.05) is 11.4 Å². The summed E-state index contributed by atoms with van der Waals surface area (Å²) in [5, 5.41) is 0. The number of nitrogens with two attached hydrogens (primary N) is 1. The van der Waals surface area contributed by atoms with Crippen LogP contribution < -0.4 is 10.5 Å². The second kappa shape index (κ2) is 5.51. The molecule has 1 heterocycles. The van der Waals surface area contributed by atoms with E-state index in [1.165, 1.54) is 18.2 Å². The van der Waals surface area contributed by atoms with Crippen molar-refractivity contribution < 1.29 is 12.8 Å². The molecule has 20 heavy (non-hydrogen) atoms. The first kappa shape index (κ1) is 15.0. The maximum atomic E-state index is 13.0. The lowest BCUT2D eigenvalue weighted by molar-refractivity contribution is 0.602. The van der Waals surface area contributed by atoms with Crippen molar-refractivity contribution in [2.24, 2.45) is 5.73 Å². The molecule has 2 rings (SSSR count). The molecule has 4 nitrogen and oxygen atoms in total. The molecule has 0 unspecified atom stereocenters. The van der Waals surface area contributed by atoms with E-state index in [0.717, 1.165) is 21.8 Å². The highest BCUT2D eigenvalue weighted by Crippen LogP contribution is 2.28. The van der Waals surface area contributed by atoms with Crippen molar-refractivity contribution in [2.45, 2.75) is 24.6 Å². The third-order valence-electron chi connectivity index (χ3n) is 2.88. The van der Waals surface area contributed by atoms with Crippen molar-refractivity contribution in [1.29, 1.82) is 0 Å². The molecule has 0 radical (unpaired) electrons. The van der Waals surface area contributed by atoms with Crippen LogP contribution in [0.3, 0.4) is 0 Å². The van der Waals surface area contributed by atoms with E-state index in [9.17, 15) is 12.8 Å². The second-order valence-corrected chi connectivity index (χ2v) is 7.49. The Morgan fingerprint density at radius 1 is 1.25 bits per heavy atom. The first-order chi connectivity index (χ1) is 9.33. The van der Waals surface area contributed by atoms with Crippen molar-refractivity contribution in [3.05, 3.63) is 46.1 Å². The summed E-state index contributed by atoms with van der Waals surface area (Å²) in [5.41, 5.74) is 7.31. The number of rotatable bonds is 4. The van der Waals surface area contributed by atoms with E-state index in [0.29, 0.717) is 17.8 Å². The zero-order valence-corrected chi connectivity index (χ0v) is 12.7. The Hall–Kier alpha value is -1.44. The molecule has 0 fully saturated rings. The molecule has 0 saturated carbocycles. The first-order valence-electron chi connectivity index (χ1n) is 5.92. The third kappa shape index (κ3) is 3.00. The lowest BCUT2D eigenvalue weighted by Crippen LogP contribution is -2.12. The van der Waals surface area contributed by atoms with E-state index in [4.69, 9.17) is 5.73 Å². The number of halogens is 1. The van der Waals surface area contributed by atoms with Crippen molar-refractivity contribution in [1.82, 2.24) is 0 Å². The molecule has 0 bridgehead atoms. The summed E-state index contributed by atoms with van der Waals surface area (Å²) >= 11 is 1.15. The zero-order chi connectivity index (χ0) is 14.9. The molecular weight excluding hydrogens is 299 g/mol. The van der Waals surface area contributed by atoms with Crippen LogP contribution >= 0.6 is 11.3 Å². The van der Waals surface area contributed by atoms with Crippen LogP contribution in [-0.2, 0) is 16.6 Å². The highest BCUT2D eigenvalue weighted by atomic mass is 32.2. The number of nitrogens with one attached hydrogen (secondary N) is 1. The van der Waals surface area contributed by atoms with Crippen LogP contribution in [0.1, 0.15) is 16.0 Å².